The number of rotatable bonds is 6. The molecule has 0 radical (unpaired) electrons. The third-order valence-corrected chi connectivity index (χ3v) is 5.59. The monoisotopic (exact) mass is 364 g/mol. The van der Waals surface area contributed by atoms with Crippen LogP contribution in [0.4, 0.5) is 0 Å². The molecule has 7 heteroatoms. The molecule has 1 aliphatic rings. The standard InChI is InChI=1S/C13H17BrO5S/c1-2-20(16,17)5-3-4-11(15)9-6-10(14)13-12(7-9)18-8-19-13/h6-7,11,15H,2-5,8H2,1H3. The van der Waals surface area contributed by atoms with Crippen LogP contribution in [-0.4, -0.2) is 31.8 Å². The molecule has 5 nitrogen and oxygen atoms in total. The summed E-state index contributed by atoms with van der Waals surface area (Å²) in [4.78, 5) is 0. The van der Waals surface area contributed by atoms with Gasteiger partial charge in [0.1, 0.15) is 9.84 Å². The minimum atomic E-state index is -2.98. The van der Waals surface area contributed by atoms with Crippen molar-refractivity contribution in [2.24, 2.45) is 0 Å². The highest BCUT2D eigenvalue weighted by Crippen LogP contribution is 2.41. The number of aliphatic hydroxyl groups is 1. The molecule has 112 valence electrons. The first-order valence-electron chi connectivity index (χ1n) is 6.40. The average Bonchev–Trinajstić information content (AvgIpc) is 2.87. The van der Waals surface area contributed by atoms with Crippen LogP contribution in [-0.2, 0) is 9.84 Å². The molecule has 1 heterocycles. The molecular formula is C13H17BrO5S. The summed E-state index contributed by atoms with van der Waals surface area (Å²) in [5, 5.41) is 10.1. The Morgan fingerprint density at radius 2 is 2.15 bits per heavy atom. The van der Waals surface area contributed by atoms with E-state index in [0.717, 1.165) is 4.47 Å². The summed E-state index contributed by atoms with van der Waals surface area (Å²) in [7, 11) is -2.98. The molecule has 2 rings (SSSR count). The smallest absolute Gasteiger partial charge is 0.231 e. The van der Waals surface area contributed by atoms with Crippen molar-refractivity contribution in [1.82, 2.24) is 0 Å². The summed E-state index contributed by atoms with van der Waals surface area (Å²) in [6, 6.07) is 3.50. The number of ether oxygens (including phenoxy) is 2. The topological polar surface area (TPSA) is 72.8 Å². The Morgan fingerprint density at radius 3 is 2.85 bits per heavy atom. The predicted molar refractivity (Wildman–Crippen MR) is 78.8 cm³/mol. The van der Waals surface area contributed by atoms with Gasteiger partial charge in [0.15, 0.2) is 11.5 Å². The van der Waals surface area contributed by atoms with E-state index in [4.69, 9.17) is 9.47 Å². The van der Waals surface area contributed by atoms with Crippen LogP contribution in [0.2, 0.25) is 0 Å². The molecule has 1 aromatic carbocycles. The maximum atomic E-state index is 11.4. The lowest BCUT2D eigenvalue weighted by atomic mass is 10.0. The summed E-state index contributed by atoms with van der Waals surface area (Å²) in [5.74, 6) is 1.47. The lowest BCUT2D eigenvalue weighted by Gasteiger charge is -2.12. The number of hydrogen-bond donors (Lipinski definition) is 1. The second kappa shape index (κ2) is 6.32. The lowest BCUT2D eigenvalue weighted by molar-refractivity contribution is 0.165. The molecule has 0 saturated heterocycles. The second-order valence-corrected chi connectivity index (χ2v) is 7.96. The van der Waals surface area contributed by atoms with Gasteiger partial charge in [0.25, 0.3) is 0 Å². The summed E-state index contributed by atoms with van der Waals surface area (Å²) in [6.07, 6.45) is 0.113. The van der Waals surface area contributed by atoms with Gasteiger partial charge in [-0.15, -0.1) is 0 Å². The van der Waals surface area contributed by atoms with Gasteiger partial charge in [-0.05, 0) is 46.5 Å². The molecule has 1 aliphatic heterocycles. The van der Waals surface area contributed by atoms with E-state index < -0.39 is 15.9 Å². The maximum absolute atomic E-state index is 11.4. The normalized spacial score (nSPS) is 15.3. The maximum Gasteiger partial charge on any atom is 0.231 e. The minimum absolute atomic E-state index is 0.103. The van der Waals surface area contributed by atoms with E-state index in [-0.39, 0.29) is 18.3 Å². The van der Waals surface area contributed by atoms with Crippen molar-refractivity contribution in [1.29, 1.82) is 0 Å². The Morgan fingerprint density at radius 1 is 1.40 bits per heavy atom. The van der Waals surface area contributed by atoms with Crippen LogP contribution < -0.4 is 9.47 Å². The van der Waals surface area contributed by atoms with Crippen LogP contribution in [0.5, 0.6) is 11.5 Å². The SMILES string of the molecule is CCS(=O)(=O)CCCC(O)c1cc(Br)c2c(c1)OCO2. The van der Waals surface area contributed by atoms with Crippen molar-refractivity contribution in [2.45, 2.75) is 25.9 Å². The van der Waals surface area contributed by atoms with Crippen molar-refractivity contribution in [3.8, 4) is 11.5 Å². The zero-order valence-corrected chi connectivity index (χ0v) is 13.5. The first-order chi connectivity index (χ1) is 9.43. The number of benzene rings is 1. The third kappa shape index (κ3) is 3.65. The van der Waals surface area contributed by atoms with Crippen LogP contribution in [0.3, 0.4) is 0 Å². The summed E-state index contributed by atoms with van der Waals surface area (Å²) in [6.45, 7) is 1.79. The van der Waals surface area contributed by atoms with E-state index in [1.807, 2.05) is 0 Å². The molecule has 0 aromatic heterocycles. The quantitative estimate of drug-likeness (QED) is 0.838. The molecule has 0 fully saturated rings. The van der Waals surface area contributed by atoms with Gasteiger partial charge in [0, 0.05) is 5.75 Å². The Labute approximate surface area is 126 Å². The third-order valence-electron chi connectivity index (χ3n) is 3.21. The van der Waals surface area contributed by atoms with Gasteiger partial charge in [-0.3, -0.25) is 0 Å². The highest BCUT2D eigenvalue weighted by molar-refractivity contribution is 9.10. The van der Waals surface area contributed by atoms with E-state index in [2.05, 4.69) is 15.9 Å². The van der Waals surface area contributed by atoms with Gasteiger partial charge in [0.05, 0.1) is 16.3 Å². The number of halogens is 1. The van der Waals surface area contributed by atoms with Crippen molar-refractivity contribution < 1.29 is 23.0 Å². The van der Waals surface area contributed by atoms with Crippen LogP contribution in [0.1, 0.15) is 31.4 Å². The first-order valence-corrected chi connectivity index (χ1v) is 9.02. The van der Waals surface area contributed by atoms with E-state index in [9.17, 15) is 13.5 Å². The lowest BCUT2D eigenvalue weighted by Crippen LogP contribution is -2.10. The fraction of sp³-hybridized carbons (Fsp3) is 0.538. The van der Waals surface area contributed by atoms with Crippen molar-refractivity contribution in [3.63, 3.8) is 0 Å². The molecule has 0 bridgehead atoms. The molecule has 0 spiro atoms. The molecule has 0 amide bonds. The average molecular weight is 365 g/mol. The number of hydrogen-bond acceptors (Lipinski definition) is 5. The predicted octanol–water partition coefficient (Wildman–Crippen LogP) is 2.43. The highest BCUT2D eigenvalue weighted by Gasteiger charge is 2.20. The van der Waals surface area contributed by atoms with E-state index in [1.165, 1.54) is 0 Å². The van der Waals surface area contributed by atoms with Gasteiger partial charge in [-0.2, -0.15) is 0 Å². The molecule has 0 aliphatic carbocycles. The minimum Gasteiger partial charge on any atom is -0.454 e. The Bertz CT molecular complexity index is 585. The molecule has 20 heavy (non-hydrogen) atoms. The van der Waals surface area contributed by atoms with Crippen molar-refractivity contribution >= 4 is 25.8 Å². The summed E-state index contributed by atoms with van der Waals surface area (Å²) in [5.41, 5.74) is 0.690. The van der Waals surface area contributed by atoms with Crippen LogP contribution >= 0.6 is 15.9 Å². The van der Waals surface area contributed by atoms with Crippen molar-refractivity contribution in [2.75, 3.05) is 18.3 Å². The fourth-order valence-corrected chi connectivity index (χ4v) is 3.46. The summed E-state index contributed by atoms with van der Waals surface area (Å²) >= 11 is 3.37. The molecule has 1 N–H and O–H groups in total. The second-order valence-electron chi connectivity index (χ2n) is 4.63. The Hall–Kier alpha value is -0.790. The summed E-state index contributed by atoms with van der Waals surface area (Å²) < 4.78 is 34.1. The van der Waals surface area contributed by atoms with Crippen LogP contribution in [0.15, 0.2) is 16.6 Å². The Balaban J connectivity index is 2.00. The Kier molecular flexibility index (Phi) is 4.93. The molecule has 1 atom stereocenters. The van der Waals surface area contributed by atoms with Gasteiger partial charge in [-0.1, -0.05) is 6.92 Å². The van der Waals surface area contributed by atoms with Crippen LogP contribution in [0, 0.1) is 0 Å². The molecule has 1 aromatic rings. The number of aliphatic hydroxyl groups excluding tert-OH is 1. The zero-order chi connectivity index (χ0) is 14.8. The zero-order valence-electron chi connectivity index (χ0n) is 11.1. The van der Waals surface area contributed by atoms with Gasteiger partial charge >= 0.3 is 0 Å². The largest absolute Gasteiger partial charge is 0.454 e. The highest BCUT2D eigenvalue weighted by atomic mass is 79.9. The molecule has 1 unspecified atom stereocenters. The van der Waals surface area contributed by atoms with E-state index in [1.54, 1.807) is 19.1 Å². The fourth-order valence-electron chi connectivity index (χ4n) is 1.99. The number of sulfone groups is 1. The van der Waals surface area contributed by atoms with Crippen LogP contribution in [0.25, 0.3) is 0 Å². The van der Waals surface area contributed by atoms with Crippen molar-refractivity contribution in [3.05, 3.63) is 22.2 Å². The van der Waals surface area contributed by atoms with E-state index >= 15 is 0 Å². The first kappa shape index (κ1) is 15.6. The number of fused-ring (bicyclic) bond motifs is 1. The molecule has 0 saturated carbocycles. The van der Waals surface area contributed by atoms with Gasteiger partial charge < -0.3 is 14.6 Å². The van der Waals surface area contributed by atoms with E-state index in [0.29, 0.717) is 29.9 Å². The van der Waals surface area contributed by atoms with Gasteiger partial charge in [0.2, 0.25) is 6.79 Å². The molecular weight excluding hydrogens is 348 g/mol. The van der Waals surface area contributed by atoms with Gasteiger partial charge in [-0.25, -0.2) is 8.42 Å².